The molecule has 4 rings (SSSR count). The van der Waals surface area contributed by atoms with E-state index in [1.165, 1.54) is 16.2 Å². The van der Waals surface area contributed by atoms with E-state index in [0.29, 0.717) is 35.8 Å². The van der Waals surface area contributed by atoms with Gasteiger partial charge < -0.3 is 15.0 Å². The van der Waals surface area contributed by atoms with Gasteiger partial charge in [-0.05, 0) is 19.1 Å². The average molecular weight is 401 g/mol. The molecule has 3 heterocycles. The minimum absolute atomic E-state index is 0.0852. The van der Waals surface area contributed by atoms with E-state index in [2.05, 4.69) is 20.8 Å². The van der Waals surface area contributed by atoms with Crippen molar-refractivity contribution < 1.29 is 19.1 Å². The van der Waals surface area contributed by atoms with Gasteiger partial charge >= 0.3 is 0 Å². The normalized spacial score (nSPS) is 21.5. The first-order valence-corrected chi connectivity index (χ1v) is 9.74. The van der Waals surface area contributed by atoms with Crippen molar-refractivity contribution in [3.8, 4) is 5.75 Å². The van der Waals surface area contributed by atoms with Gasteiger partial charge in [-0.25, -0.2) is 0 Å². The number of anilines is 1. The fourth-order valence-electron chi connectivity index (χ4n) is 3.36. The average Bonchev–Trinajstić information content (AvgIpc) is 3.01. The molecule has 0 saturated carbocycles. The van der Waals surface area contributed by atoms with E-state index in [9.17, 15) is 14.4 Å². The van der Waals surface area contributed by atoms with E-state index < -0.39 is 5.72 Å². The standard InChI is InChI=1S/C18H19N5O4S/c1-11-21-22-17(28-11)19-14(24)10-23-9-8-18(7-6-15(23)25)20-16(26)12-4-2-3-5-13(12)27-18/h2-5H,6-10H2,1H3,(H,20,26)(H,19,22,24)/t18-/m0/s1. The molecule has 28 heavy (non-hydrogen) atoms. The molecule has 3 amide bonds. The Bertz CT molecular complexity index is 946. The van der Waals surface area contributed by atoms with E-state index in [1.807, 2.05) is 0 Å². The van der Waals surface area contributed by atoms with Crippen LogP contribution in [0.2, 0.25) is 0 Å². The Hall–Kier alpha value is -3.01. The summed E-state index contributed by atoms with van der Waals surface area (Å²) in [6.07, 6.45) is 0.914. The fraction of sp³-hybridized carbons (Fsp3) is 0.389. The van der Waals surface area contributed by atoms with Gasteiger partial charge in [0.05, 0.1) is 12.1 Å². The van der Waals surface area contributed by atoms with E-state index >= 15 is 0 Å². The molecule has 10 heteroatoms. The van der Waals surface area contributed by atoms with Crippen LogP contribution in [0.3, 0.4) is 0 Å². The lowest BCUT2D eigenvalue weighted by atomic mass is 10.0. The van der Waals surface area contributed by atoms with E-state index in [1.54, 1.807) is 31.2 Å². The van der Waals surface area contributed by atoms with Gasteiger partial charge in [-0.15, -0.1) is 10.2 Å². The van der Waals surface area contributed by atoms with Crippen molar-refractivity contribution in [1.82, 2.24) is 20.4 Å². The predicted octanol–water partition coefficient (Wildman–Crippen LogP) is 1.32. The quantitative estimate of drug-likeness (QED) is 0.802. The minimum atomic E-state index is -0.942. The van der Waals surface area contributed by atoms with Crippen LogP contribution in [0.5, 0.6) is 5.75 Å². The number of hydrogen-bond acceptors (Lipinski definition) is 7. The highest BCUT2D eigenvalue weighted by atomic mass is 32.1. The van der Waals surface area contributed by atoms with Crippen molar-refractivity contribution in [2.45, 2.75) is 31.9 Å². The maximum Gasteiger partial charge on any atom is 0.258 e. The van der Waals surface area contributed by atoms with E-state index in [-0.39, 0.29) is 30.7 Å². The second-order valence-corrected chi connectivity index (χ2v) is 7.97. The van der Waals surface area contributed by atoms with Crippen LogP contribution in [0.1, 0.15) is 34.6 Å². The highest BCUT2D eigenvalue weighted by Gasteiger charge is 2.42. The van der Waals surface area contributed by atoms with Gasteiger partial charge in [-0.2, -0.15) is 0 Å². The molecule has 0 radical (unpaired) electrons. The number of aryl methyl sites for hydroxylation is 1. The zero-order chi connectivity index (χ0) is 19.7. The molecule has 1 saturated heterocycles. The van der Waals surface area contributed by atoms with Crippen LogP contribution in [0.25, 0.3) is 0 Å². The summed E-state index contributed by atoms with van der Waals surface area (Å²) in [6.45, 7) is 2.00. The molecule has 1 aromatic carbocycles. The Morgan fingerprint density at radius 2 is 2.14 bits per heavy atom. The number of amides is 3. The zero-order valence-corrected chi connectivity index (χ0v) is 16.0. The molecule has 0 aliphatic carbocycles. The molecule has 1 spiro atoms. The minimum Gasteiger partial charge on any atom is -0.467 e. The Morgan fingerprint density at radius 1 is 1.32 bits per heavy atom. The van der Waals surface area contributed by atoms with Crippen LogP contribution < -0.4 is 15.4 Å². The van der Waals surface area contributed by atoms with Crippen molar-refractivity contribution >= 4 is 34.2 Å². The van der Waals surface area contributed by atoms with E-state index in [4.69, 9.17) is 4.74 Å². The van der Waals surface area contributed by atoms with Crippen molar-refractivity contribution in [3.63, 3.8) is 0 Å². The number of ether oxygens (including phenoxy) is 1. The number of rotatable bonds is 3. The SMILES string of the molecule is Cc1nnc(NC(=O)CN2CC[C@@]3(CCC2=O)NC(=O)c2ccccc2O3)s1. The molecule has 1 aromatic heterocycles. The van der Waals surface area contributed by atoms with Gasteiger partial charge in [0, 0.05) is 25.8 Å². The smallest absolute Gasteiger partial charge is 0.258 e. The monoisotopic (exact) mass is 401 g/mol. The first-order valence-electron chi connectivity index (χ1n) is 8.92. The number of hydrogen-bond donors (Lipinski definition) is 2. The summed E-state index contributed by atoms with van der Waals surface area (Å²) in [7, 11) is 0. The van der Waals surface area contributed by atoms with Crippen LogP contribution >= 0.6 is 11.3 Å². The Morgan fingerprint density at radius 3 is 2.93 bits per heavy atom. The predicted molar refractivity (Wildman–Crippen MR) is 101 cm³/mol. The number of likely N-dealkylation sites (tertiary alicyclic amines) is 1. The number of aromatic nitrogens is 2. The second-order valence-electron chi connectivity index (χ2n) is 6.79. The summed E-state index contributed by atoms with van der Waals surface area (Å²) in [6, 6.07) is 7.03. The number of para-hydroxylation sites is 1. The van der Waals surface area contributed by atoms with Gasteiger partial charge in [-0.3, -0.25) is 19.7 Å². The molecule has 2 aromatic rings. The molecular formula is C18H19N5O4S. The van der Waals surface area contributed by atoms with Crippen LogP contribution in [-0.4, -0.2) is 51.6 Å². The Kier molecular flexibility index (Phi) is 4.71. The van der Waals surface area contributed by atoms with Crippen molar-refractivity contribution in [2.75, 3.05) is 18.4 Å². The summed E-state index contributed by atoms with van der Waals surface area (Å²) in [4.78, 5) is 38.7. The third kappa shape index (κ3) is 3.68. The molecule has 2 N–H and O–H groups in total. The lowest BCUT2D eigenvalue weighted by Crippen LogP contribution is -2.56. The van der Waals surface area contributed by atoms with Gasteiger partial charge in [-0.1, -0.05) is 23.5 Å². The highest BCUT2D eigenvalue weighted by molar-refractivity contribution is 7.15. The molecule has 9 nitrogen and oxygen atoms in total. The fourth-order valence-corrected chi connectivity index (χ4v) is 3.97. The van der Waals surface area contributed by atoms with Crippen LogP contribution in [-0.2, 0) is 9.59 Å². The number of nitrogens with one attached hydrogen (secondary N) is 2. The molecule has 1 fully saturated rings. The molecular weight excluding hydrogens is 382 g/mol. The molecule has 0 unspecified atom stereocenters. The molecule has 0 bridgehead atoms. The maximum atomic E-state index is 12.5. The molecule has 1 atom stereocenters. The summed E-state index contributed by atoms with van der Waals surface area (Å²) < 4.78 is 6.08. The first kappa shape index (κ1) is 18.4. The van der Waals surface area contributed by atoms with E-state index in [0.717, 1.165) is 5.01 Å². The number of carbonyl (C=O) groups excluding carboxylic acids is 3. The molecule has 146 valence electrons. The highest BCUT2D eigenvalue weighted by Crippen LogP contribution is 2.33. The van der Waals surface area contributed by atoms with Gasteiger partial charge in [0.1, 0.15) is 10.8 Å². The number of carbonyl (C=O) groups is 3. The number of nitrogens with zero attached hydrogens (tertiary/aromatic N) is 3. The lowest BCUT2D eigenvalue weighted by molar-refractivity contribution is -0.134. The van der Waals surface area contributed by atoms with Crippen LogP contribution in [0.15, 0.2) is 24.3 Å². The zero-order valence-electron chi connectivity index (χ0n) is 15.2. The van der Waals surface area contributed by atoms with Crippen LogP contribution in [0, 0.1) is 6.92 Å². The van der Waals surface area contributed by atoms with Gasteiger partial charge in [0.25, 0.3) is 5.91 Å². The Balaban J connectivity index is 1.43. The third-order valence-electron chi connectivity index (χ3n) is 4.77. The van der Waals surface area contributed by atoms with Crippen molar-refractivity contribution in [3.05, 3.63) is 34.8 Å². The summed E-state index contributed by atoms with van der Waals surface area (Å²) in [5.74, 6) is -0.194. The topological polar surface area (TPSA) is 114 Å². The molecule has 2 aliphatic rings. The summed E-state index contributed by atoms with van der Waals surface area (Å²) in [5.41, 5.74) is -0.463. The molecule has 2 aliphatic heterocycles. The largest absolute Gasteiger partial charge is 0.467 e. The Labute approximate surface area is 165 Å². The summed E-state index contributed by atoms with van der Waals surface area (Å²) in [5, 5.41) is 14.4. The first-order chi connectivity index (χ1) is 13.4. The third-order valence-corrected chi connectivity index (χ3v) is 5.52. The maximum absolute atomic E-state index is 12.5. The van der Waals surface area contributed by atoms with Crippen molar-refractivity contribution in [1.29, 1.82) is 0 Å². The van der Waals surface area contributed by atoms with Crippen LogP contribution in [0.4, 0.5) is 5.13 Å². The number of fused-ring (bicyclic) bond motifs is 1. The van der Waals surface area contributed by atoms with Crippen molar-refractivity contribution in [2.24, 2.45) is 0 Å². The van der Waals surface area contributed by atoms with Gasteiger partial charge in [0.15, 0.2) is 5.72 Å². The number of benzene rings is 1. The van der Waals surface area contributed by atoms with Gasteiger partial charge in [0.2, 0.25) is 16.9 Å². The lowest BCUT2D eigenvalue weighted by Gasteiger charge is -2.38. The summed E-state index contributed by atoms with van der Waals surface area (Å²) >= 11 is 1.27. The second kappa shape index (κ2) is 7.19.